The van der Waals surface area contributed by atoms with Crippen molar-refractivity contribution < 1.29 is 41.8 Å². The minimum atomic E-state index is -4.78. The fraction of sp³-hybridized carbons (Fsp3) is 0.382. The number of benzene rings is 3. The predicted octanol–water partition coefficient (Wildman–Crippen LogP) is 7.46. The molecule has 0 saturated carbocycles. The van der Waals surface area contributed by atoms with Crippen molar-refractivity contribution in [3.05, 3.63) is 89.0 Å². The molecule has 0 aliphatic rings. The molecule has 1 N–H and O–H groups in total. The average molecular weight is 614 g/mol. The highest BCUT2D eigenvalue weighted by atomic mass is 19.4. The zero-order valence-corrected chi connectivity index (χ0v) is 25.0. The number of aryl methyl sites for hydroxylation is 2. The number of esters is 2. The molecule has 3 aromatic carbocycles. The van der Waals surface area contributed by atoms with Crippen molar-refractivity contribution in [2.75, 3.05) is 19.8 Å². The number of hydrogen-bond acceptors (Lipinski definition) is 6. The van der Waals surface area contributed by atoms with Crippen LogP contribution in [0.4, 0.5) is 13.2 Å². The first kappa shape index (κ1) is 34.2. The van der Waals surface area contributed by atoms with Crippen LogP contribution in [0.15, 0.2) is 66.7 Å². The number of halogens is 3. The van der Waals surface area contributed by atoms with E-state index in [0.717, 1.165) is 42.4 Å². The van der Waals surface area contributed by atoms with Gasteiger partial charge in [0.2, 0.25) is 0 Å². The van der Waals surface area contributed by atoms with Crippen LogP contribution in [0.2, 0.25) is 0 Å². The van der Waals surface area contributed by atoms with Crippen LogP contribution in [-0.2, 0) is 27.1 Å². The Morgan fingerprint density at radius 2 is 1.41 bits per heavy atom. The van der Waals surface area contributed by atoms with Gasteiger partial charge in [0.05, 0.1) is 25.2 Å². The van der Waals surface area contributed by atoms with Gasteiger partial charge in [0.1, 0.15) is 5.75 Å². The molecular weight excluding hydrogens is 575 g/mol. The summed E-state index contributed by atoms with van der Waals surface area (Å²) >= 11 is 0. The van der Waals surface area contributed by atoms with Crippen LogP contribution in [0.3, 0.4) is 0 Å². The molecule has 3 aromatic rings. The maximum Gasteiger partial charge on any atom is 0.573 e. The van der Waals surface area contributed by atoms with Gasteiger partial charge in [0.25, 0.3) is 5.91 Å². The Morgan fingerprint density at radius 3 is 2.05 bits per heavy atom. The molecule has 0 aliphatic heterocycles. The van der Waals surface area contributed by atoms with Crippen molar-refractivity contribution in [3.8, 4) is 16.9 Å². The second kappa shape index (κ2) is 17.1. The molecule has 236 valence electrons. The number of ether oxygens (including phenoxy) is 3. The first-order valence-electron chi connectivity index (χ1n) is 14.8. The number of amides is 1. The molecule has 0 fully saturated rings. The van der Waals surface area contributed by atoms with Crippen LogP contribution < -0.4 is 10.1 Å². The van der Waals surface area contributed by atoms with Crippen LogP contribution in [0, 0.1) is 0 Å². The summed E-state index contributed by atoms with van der Waals surface area (Å²) in [4.78, 5) is 37.1. The topological polar surface area (TPSA) is 90.9 Å². The monoisotopic (exact) mass is 613 g/mol. The van der Waals surface area contributed by atoms with E-state index in [0.29, 0.717) is 42.7 Å². The highest BCUT2D eigenvalue weighted by molar-refractivity contribution is 5.94. The van der Waals surface area contributed by atoms with Gasteiger partial charge in [-0.2, -0.15) is 0 Å². The van der Waals surface area contributed by atoms with E-state index < -0.39 is 12.3 Å². The average Bonchev–Trinajstić information content (AvgIpc) is 3.00. The van der Waals surface area contributed by atoms with E-state index in [-0.39, 0.29) is 30.6 Å². The molecule has 0 saturated heterocycles. The standard InChI is InChI=1S/C34H38F3NO6/c1-3-5-21-42-31(39)19-20-38-32(40)26-10-7-24(8-11-26)9-12-28-23-27(15-18-30(28)33(41)43-22-6-4-2)25-13-16-29(17-14-25)44-34(35,36)37/h7-8,10-11,13-18,23H,3-6,9,12,19-22H2,1-2H3,(H,38,40). The molecule has 0 spiro atoms. The number of alkyl halides is 3. The summed E-state index contributed by atoms with van der Waals surface area (Å²) in [6, 6.07) is 17.8. The van der Waals surface area contributed by atoms with E-state index in [2.05, 4.69) is 10.1 Å². The van der Waals surface area contributed by atoms with E-state index in [9.17, 15) is 27.6 Å². The summed E-state index contributed by atoms with van der Waals surface area (Å²) in [5, 5.41) is 2.72. The summed E-state index contributed by atoms with van der Waals surface area (Å²) in [5.74, 6) is -1.40. The lowest BCUT2D eigenvalue weighted by molar-refractivity contribution is -0.274. The lowest BCUT2D eigenvalue weighted by atomic mass is 9.94. The van der Waals surface area contributed by atoms with Gasteiger partial charge in [-0.05, 0) is 78.3 Å². The van der Waals surface area contributed by atoms with Gasteiger partial charge < -0.3 is 19.5 Å². The third kappa shape index (κ3) is 11.4. The third-order valence-corrected chi connectivity index (χ3v) is 6.75. The van der Waals surface area contributed by atoms with E-state index in [4.69, 9.17) is 9.47 Å². The molecule has 0 heterocycles. The van der Waals surface area contributed by atoms with Gasteiger partial charge in [0, 0.05) is 12.1 Å². The first-order chi connectivity index (χ1) is 21.1. The largest absolute Gasteiger partial charge is 0.573 e. The number of carbonyl (C=O) groups is 3. The molecule has 10 heteroatoms. The molecule has 0 bridgehead atoms. The smallest absolute Gasteiger partial charge is 0.466 e. The van der Waals surface area contributed by atoms with Gasteiger partial charge in [0.15, 0.2) is 0 Å². The van der Waals surface area contributed by atoms with Gasteiger partial charge in [-0.15, -0.1) is 13.2 Å². The predicted molar refractivity (Wildman–Crippen MR) is 160 cm³/mol. The Hall–Kier alpha value is -4.34. The van der Waals surface area contributed by atoms with E-state index in [1.54, 1.807) is 24.3 Å². The van der Waals surface area contributed by atoms with Crippen LogP contribution >= 0.6 is 0 Å². The highest BCUT2D eigenvalue weighted by Crippen LogP contribution is 2.28. The van der Waals surface area contributed by atoms with Gasteiger partial charge in [-0.25, -0.2) is 4.79 Å². The Bertz CT molecular complexity index is 1370. The lowest BCUT2D eigenvalue weighted by Gasteiger charge is -2.13. The third-order valence-electron chi connectivity index (χ3n) is 6.75. The summed E-state index contributed by atoms with van der Waals surface area (Å²) in [6.45, 7) is 4.87. The van der Waals surface area contributed by atoms with Gasteiger partial charge >= 0.3 is 18.3 Å². The zero-order chi connectivity index (χ0) is 32.0. The number of rotatable bonds is 16. The van der Waals surface area contributed by atoms with Crippen LogP contribution in [0.25, 0.3) is 11.1 Å². The van der Waals surface area contributed by atoms with Crippen molar-refractivity contribution in [1.82, 2.24) is 5.32 Å². The Balaban J connectivity index is 1.67. The highest BCUT2D eigenvalue weighted by Gasteiger charge is 2.31. The second-order valence-corrected chi connectivity index (χ2v) is 10.2. The minimum absolute atomic E-state index is 0.0985. The van der Waals surface area contributed by atoms with Crippen molar-refractivity contribution in [1.29, 1.82) is 0 Å². The van der Waals surface area contributed by atoms with Gasteiger partial charge in [-0.1, -0.05) is 63.1 Å². The molecule has 0 unspecified atom stereocenters. The van der Waals surface area contributed by atoms with Crippen molar-refractivity contribution in [2.24, 2.45) is 0 Å². The first-order valence-corrected chi connectivity index (χ1v) is 14.8. The van der Waals surface area contributed by atoms with Crippen LogP contribution in [-0.4, -0.2) is 44.0 Å². The van der Waals surface area contributed by atoms with E-state index in [1.807, 2.05) is 32.0 Å². The number of nitrogens with one attached hydrogen (secondary N) is 1. The summed E-state index contributed by atoms with van der Waals surface area (Å²) in [5.41, 5.74) is 3.93. The number of unbranched alkanes of at least 4 members (excludes halogenated alkanes) is 2. The maximum atomic E-state index is 12.9. The SMILES string of the molecule is CCCCOC(=O)CCNC(=O)c1ccc(CCc2cc(-c3ccc(OC(F)(F)F)cc3)ccc2C(=O)OCCCC)cc1. The molecule has 0 aliphatic carbocycles. The zero-order valence-electron chi connectivity index (χ0n) is 25.0. The summed E-state index contributed by atoms with van der Waals surface area (Å²) < 4.78 is 52.2. The van der Waals surface area contributed by atoms with Crippen LogP contribution in [0.1, 0.15) is 77.8 Å². The molecule has 7 nitrogen and oxygen atoms in total. The molecule has 3 rings (SSSR count). The fourth-order valence-corrected chi connectivity index (χ4v) is 4.30. The molecular formula is C34H38F3NO6. The molecule has 0 aromatic heterocycles. The Morgan fingerprint density at radius 1 is 0.773 bits per heavy atom. The van der Waals surface area contributed by atoms with E-state index in [1.165, 1.54) is 24.3 Å². The number of hydrogen-bond donors (Lipinski definition) is 1. The Kier molecular flexibility index (Phi) is 13.3. The summed E-state index contributed by atoms with van der Waals surface area (Å²) in [6.07, 6.45) is -0.281. The lowest BCUT2D eigenvalue weighted by Crippen LogP contribution is -2.26. The van der Waals surface area contributed by atoms with Crippen LogP contribution in [0.5, 0.6) is 5.75 Å². The maximum absolute atomic E-state index is 12.9. The fourth-order valence-electron chi connectivity index (χ4n) is 4.30. The van der Waals surface area contributed by atoms with Crippen molar-refractivity contribution in [2.45, 2.75) is 65.2 Å². The molecule has 44 heavy (non-hydrogen) atoms. The van der Waals surface area contributed by atoms with E-state index >= 15 is 0 Å². The summed E-state index contributed by atoms with van der Waals surface area (Å²) in [7, 11) is 0. The minimum Gasteiger partial charge on any atom is -0.466 e. The quantitative estimate of drug-likeness (QED) is 0.133. The second-order valence-electron chi connectivity index (χ2n) is 10.2. The molecule has 0 atom stereocenters. The molecule has 1 amide bonds. The van der Waals surface area contributed by atoms with Crippen molar-refractivity contribution >= 4 is 17.8 Å². The molecule has 0 radical (unpaired) electrons. The van der Waals surface area contributed by atoms with Gasteiger partial charge in [-0.3, -0.25) is 9.59 Å². The normalized spacial score (nSPS) is 11.1. The Labute approximate surface area is 255 Å². The number of carbonyl (C=O) groups excluding carboxylic acids is 3. The van der Waals surface area contributed by atoms with Crippen molar-refractivity contribution in [3.63, 3.8) is 0 Å².